The second-order valence-corrected chi connectivity index (χ2v) is 13.5. The van der Waals surface area contributed by atoms with Crippen molar-refractivity contribution in [2.24, 2.45) is 16.7 Å². The molecule has 2 rings (SSSR count). The van der Waals surface area contributed by atoms with Crippen LogP contribution in [0.15, 0.2) is 29.4 Å². The Morgan fingerprint density at radius 1 is 0.700 bits per heavy atom. The SMILES string of the molecule is CC1=C(c2cc(C(C)(C)C)cc(C(C)(C)C)c2C)[C]C(C(C)(C)C)C=C1C(C)(C)C. The van der Waals surface area contributed by atoms with Crippen molar-refractivity contribution in [1.29, 1.82) is 0 Å². The molecular weight excluding hydrogens is 360 g/mol. The third-order valence-corrected chi connectivity index (χ3v) is 6.50. The van der Waals surface area contributed by atoms with Crippen molar-refractivity contribution >= 4 is 5.57 Å². The Balaban J connectivity index is 2.88. The second-order valence-electron chi connectivity index (χ2n) is 13.5. The lowest BCUT2D eigenvalue weighted by Crippen LogP contribution is -2.26. The van der Waals surface area contributed by atoms with E-state index in [4.69, 9.17) is 0 Å². The summed E-state index contributed by atoms with van der Waals surface area (Å²) in [6.45, 7) is 32.6. The van der Waals surface area contributed by atoms with Gasteiger partial charge in [0.15, 0.2) is 0 Å². The van der Waals surface area contributed by atoms with Crippen LogP contribution in [0.5, 0.6) is 0 Å². The minimum Gasteiger partial charge on any atom is -0.0759 e. The van der Waals surface area contributed by atoms with Gasteiger partial charge in [0.2, 0.25) is 0 Å². The molecule has 0 heterocycles. The van der Waals surface area contributed by atoms with Gasteiger partial charge < -0.3 is 0 Å². The third kappa shape index (κ3) is 5.12. The lowest BCUT2D eigenvalue weighted by Gasteiger charge is -2.38. The molecule has 0 spiro atoms. The van der Waals surface area contributed by atoms with E-state index in [1.54, 1.807) is 0 Å². The van der Waals surface area contributed by atoms with Gasteiger partial charge >= 0.3 is 0 Å². The molecule has 166 valence electrons. The molecule has 30 heavy (non-hydrogen) atoms. The Bertz CT molecular complexity index is 859. The van der Waals surface area contributed by atoms with E-state index in [1.807, 2.05) is 0 Å². The normalized spacial score (nSPS) is 19.3. The number of benzene rings is 1. The highest BCUT2D eigenvalue weighted by Crippen LogP contribution is 2.48. The molecule has 0 saturated carbocycles. The number of allylic oxidation sites excluding steroid dienone is 4. The van der Waals surface area contributed by atoms with E-state index in [1.165, 1.54) is 39.0 Å². The molecule has 0 bridgehead atoms. The molecule has 0 saturated heterocycles. The van der Waals surface area contributed by atoms with Gasteiger partial charge in [-0.05, 0) is 80.4 Å². The van der Waals surface area contributed by atoms with Crippen LogP contribution in [-0.4, -0.2) is 0 Å². The fourth-order valence-corrected chi connectivity index (χ4v) is 4.48. The summed E-state index contributed by atoms with van der Waals surface area (Å²) in [7, 11) is 0. The van der Waals surface area contributed by atoms with E-state index >= 15 is 0 Å². The van der Waals surface area contributed by atoms with Gasteiger partial charge in [-0.25, -0.2) is 0 Å². The molecule has 0 nitrogen and oxygen atoms in total. The van der Waals surface area contributed by atoms with Crippen LogP contribution >= 0.6 is 0 Å². The molecular formula is C30H46. The Kier molecular flexibility index (Phi) is 6.39. The maximum atomic E-state index is 3.96. The first-order chi connectivity index (χ1) is 13.2. The van der Waals surface area contributed by atoms with Crippen molar-refractivity contribution < 1.29 is 0 Å². The zero-order valence-electron chi connectivity index (χ0n) is 22.3. The molecule has 0 aromatic heterocycles. The summed E-state index contributed by atoms with van der Waals surface area (Å²) in [4.78, 5) is 0. The maximum Gasteiger partial charge on any atom is 0.0254 e. The summed E-state index contributed by atoms with van der Waals surface area (Å²) in [5.41, 5.74) is 10.3. The van der Waals surface area contributed by atoms with Crippen molar-refractivity contribution in [2.75, 3.05) is 0 Å². The van der Waals surface area contributed by atoms with Gasteiger partial charge in [-0.15, -0.1) is 0 Å². The van der Waals surface area contributed by atoms with Crippen LogP contribution in [-0.2, 0) is 10.8 Å². The van der Waals surface area contributed by atoms with Gasteiger partial charge in [0.25, 0.3) is 0 Å². The average Bonchev–Trinajstić information content (AvgIpc) is 2.51. The molecule has 2 radical (unpaired) electrons. The smallest absolute Gasteiger partial charge is 0.0254 e. The molecule has 1 atom stereocenters. The minimum atomic E-state index is 0.106. The summed E-state index contributed by atoms with van der Waals surface area (Å²) in [5, 5.41) is 0. The van der Waals surface area contributed by atoms with Crippen molar-refractivity contribution in [2.45, 2.75) is 108 Å². The fraction of sp³-hybridized carbons (Fsp3) is 0.633. The Morgan fingerprint density at radius 2 is 1.23 bits per heavy atom. The Hall–Kier alpha value is -1.30. The molecule has 0 aliphatic heterocycles. The van der Waals surface area contributed by atoms with Crippen molar-refractivity contribution in [3.05, 3.63) is 58.0 Å². The molecule has 0 fully saturated rings. The predicted molar refractivity (Wildman–Crippen MR) is 135 cm³/mol. The van der Waals surface area contributed by atoms with Crippen LogP contribution in [0.2, 0.25) is 0 Å². The zero-order valence-corrected chi connectivity index (χ0v) is 22.3. The first-order valence-corrected chi connectivity index (χ1v) is 11.6. The molecule has 1 aromatic carbocycles. The van der Waals surface area contributed by atoms with Crippen molar-refractivity contribution in [3.63, 3.8) is 0 Å². The average molecular weight is 407 g/mol. The number of rotatable bonds is 1. The second kappa shape index (κ2) is 7.68. The van der Waals surface area contributed by atoms with Gasteiger partial charge in [-0.3, -0.25) is 0 Å². The quantitative estimate of drug-likeness (QED) is 0.436. The summed E-state index contributed by atoms with van der Waals surface area (Å²) < 4.78 is 0. The van der Waals surface area contributed by atoms with Gasteiger partial charge in [-0.2, -0.15) is 0 Å². The van der Waals surface area contributed by atoms with Crippen LogP contribution in [0.3, 0.4) is 0 Å². The van der Waals surface area contributed by atoms with Crippen LogP contribution in [0, 0.1) is 30.1 Å². The first kappa shape index (κ1) is 25.0. The highest BCUT2D eigenvalue weighted by molar-refractivity contribution is 5.82. The van der Waals surface area contributed by atoms with E-state index in [2.05, 4.69) is 122 Å². The molecule has 1 aromatic rings. The molecule has 0 N–H and O–H groups in total. The summed E-state index contributed by atoms with van der Waals surface area (Å²) >= 11 is 0. The summed E-state index contributed by atoms with van der Waals surface area (Å²) in [5.74, 6) is 0.307. The van der Waals surface area contributed by atoms with Gasteiger partial charge in [0, 0.05) is 6.42 Å². The lowest BCUT2D eigenvalue weighted by molar-refractivity contribution is 0.325. The topological polar surface area (TPSA) is 0 Å². The van der Waals surface area contributed by atoms with E-state index in [0.29, 0.717) is 5.92 Å². The van der Waals surface area contributed by atoms with E-state index in [0.717, 1.165) is 0 Å². The fourth-order valence-electron chi connectivity index (χ4n) is 4.48. The molecule has 0 amide bonds. The predicted octanol–water partition coefficient (Wildman–Crippen LogP) is 9.09. The Labute approximate surface area is 188 Å². The zero-order chi connectivity index (χ0) is 23.4. The molecule has 1 aliphatic rings. The van der Waals surface area contributed by atoms with E-state index in [9.17, 15) is 0 Å². The largest absolute Gasteiger partial charge is 0.0759 e. The van der Waals surface area contributed by atoms with Crippen LogP contribution in [0.1, 0.15) is 112 Å². The highest BCUT2D eigenvalue weighted by Gasteiger charge is 2.34. The van der Waals surface area contributed by atoms with Crippen molar-refractivity contribution in [3.8, 4) is 0 Å². The number of hydrogen-bond acceptors (Lipinski definition) is 0. The summed E-state index contributed by atoms with van der Waals surface area (Å²) in [6.07, 6.45) is 6.44. The van der Waals surface area contributed by atoms with Crippen LogP contribution in [0.25, 0.3) is 5.57 Å². The molecule has 1 unspecified atom stereocenters. The lowest BCUT2D eigenvalue weighted by atomic mass is 9.66. The monoisotopic (exact) mass is 406 g/mol. The van der Waals surface area contributed by atoms with Crippen LogP contribution in [0.4, 0.5) is 0 Å². The number of hydrogen-bond donors (Lipinski definition) is 0. The maximum absolute atomic E-state index is 3.96. The summed E-state index contributed by atoms with van der Waals surface area (Å²) in [6, 6.07) is 4.89. The van der Waals surface area contributed by atoms with Gasteiger partial charge in [0.1, 0.15) is 0 Å². The van der Waals surface area contributed by atoms with Crippen LogP contribution < -0.4 is 0 Å². The van der Waals surface area contributed by atoms with Gasteiger partial charge in [0.05, 0.1) is 0 Å². The van der Waals surface area contributed by atoms with E-state index in [-0.39, 0.29) is 21.7 Å². The van der Waals surface area contributed by atoms with E-state index < -0.39 is 0 Å². The Morgan fingerprint density at radius 3 is 1.63 bits per heavy atom. The first-order valence-electron chi connectivity index (χ1n) is 11.6. The standard InChI is InChI=1S/C30H46/c1-19-23(15-21(27(3,4)5)17-25(19)29(9,10)11)24-16-22(28(6,7)8)18-26(20(24)2)30(12,13)14/h15,17-18,22H,1-14H3. The minimum absolute atomic E-state index is 0.106. The third-order valence-electron chi connectivity index (χ3n) is 6.50. The molecule has 0 heteroatoms. The molecule has 1 aliphatic carbocycles. The van der Waals surface area contributed by atoms with Crippen molar-refractivity contribution in [1.82, 2.24) is 0 Å². The van der Waals surface area contributed by atoms with Gasteiger partial charge in [-0.1, -0.05) is 101 Å². The highest BCUT2D eigenvalue weighted by atomic mass is 14.4.